The molecule has 2 N–H and O–H groups in total. The van der Waals surface area contributed by atoms with Crippen molar-refractivity contribution in [2.75, 3.05) is 25.6 Å². The number of likely N-dealkylation sites (tertiary alicyclic amines) is 1. The predicted molar refractivity (Wildman–Crippen MR) is 154 cm³/mol. The van der Waals surface area contributed by atoms with Gasteiger partial charge in [-0.2, -0.15) is 4.98 Å². The number of aromatic nitrogens is 1. The number of halogens is 1. The zero-order chi connectivity index (χ0) is 28.5. The molecule has 1 aliphatic heterocycles. The van der Waals surface area contributed by atoms with Crippen LogP contribution in [-0.4, -0.2) is 53.3 Å². The van der Waals surface area contributed by atoms with Crippen LogP contribution in [0.4, 0.5) is 10.4 Å². The number of rotatable bonds is 10. The number of oxazole rings is 1. The summed E-state index contributed by atoms with van der Waals surface area (Å²) in [6, 6.07) is 17.1. The Morgan fingerprint density at radius 2 is 1.90 bits per heavy atom. The van der Waals surface area contributed by atoms with Gasteiger partial charge in [-0.25, -0.2) is 4.39 Å². The van der Waals surface area contributed by atoms with Crippen molar-refractivity contribution >= 4 is 23.1 Å². The maximum absolute atomic E-state index is 13.6. The molecule has 0 bridgehead atoms. The molecule has 1 saturated heterocycles. The lowest BCUT2D eigenvalue weighted by molar-refractivity contribution is -0.136. The SMILES string of the molecule is CCOc1cc(CN2CC[C@H]3C(Nc4nc5cc(CC(=O)O)ccc5o4)CC[C@H]32)cc(OC)c1-c1ccc(F)cc1. The van der Waals surface area contributed by atoms with Crippen LogP contribution in [0.2, 0.25) is 0 Å². The Bertz CT molecular complexity index is 1550. The average molecular weight is 560 g/mol. The van der Waals surface area contributed by atoms with Crippen molar-refractivity contribution in [3.05, 3.63) is 71.5 Å². The van der Waals surface area contributed by atoms with E-state index < -0.39 is 5.97 Å². The number of methoxy groups -OCH3 is 1. The summed E-state index contributed by atoms with van der Waals surface area (Å²) in [6.07, 6.45) is 3.13. The van der Waals surface area contributed by atoms with Gasteiger partial charge in [-0.15, -0.1) is 0 Å². The average Bonchev–Trinajstić information content (AvgIpc) is 3.65. The van der Waals surface area contributed by atoms with Crippen LogP contribution in [0.3, 0.4) is 0 Å². The van der Waals surface area contributed by atoms with Gasteiger partial charge in [-0.1, -0.05) is 18.2 Å². The number of aliphatic carboxylic acids is 1. The van der Waals surface area contributed by atoms with Gasteiger partial charge in [0.2, 0.25) is 0 Å². The van der Waals surface area contributed by atoms with Gasteiger partial charge in [0.15, 0.2) is 5.58 Å². The summed E-state index contributed by atoms with van der Waals surface area (Å²) in [5.74, 6) is 0.764. The Morgan fingerprint density at radius 1 is 1.10 bits per heavy atom. The lowest BCUT2D eigenvalue weighted by Crippen LogP contribution is -2.32. The van der Waals surface area contributed by atoms with Crippen LogP contribution in [0, 0.1) is 11.7 Å². The van der Waals surface area contributed by atoms with Crippen molar-refractivity contribution in [1.82, 2.24) is 9.88 Å². The van der Waals surface area contributed by atoms with E-state index in [1.165, 1.54) is 12.1 Å². The first kappa shape index (κ1) is 27.1. The van der Waals surface area contributed by atoms with Crippen LogP contribution in [0.15, 0.2) is 59.0 Å². The zero-order valence-electron chi connectivity index (χ0n) is 23.2. The number of ether oxygens (including phenoxy) is 2. The molecule has 0 spiro atoms. The van der Waals surface area contributed by atoms with E-state index in [1.54, 1.807) is 37.4 Å². The minimum absolute atomic E-state index is 0.0410. The first-order valence-electron chi connectivity index (χ1n) is 14.1. The Labute approximate surface area is 238 Å². The molecule has 2 aliphatic rings. The number of hydrogen-bond acceptors (Lipinski definition) is 7. The molecule has 1 aliphatic carbocycles. The van der Waals surface area contributed by atoms with E-state index in [9.17, 15) is 9.18 Å². The van der Waals surface area contributed by atoms with Gasteiger partial charge in [-0.05, 0) is 91.7 Å². The van der Waals surface area contributed by atoms with Crippen molar-refractivity contribution < 1.29 is 28.2 Å². The number of carboxylic acids is 1. The molecule has 2 heterocycles. The van der Waals surface area contributed by atoms with E-state index in [4.69, 9.17) is 19.0 Å². The maximum atomic E-state index is 13.6. The van der Waals surface area contributed by atoms with Gasteiger partial charge in [-0.3, -0.25) is 9.69 Å². The van der Waals surface area contributed by atoms with E-state index in [0.29, 0.717) is 47.0 Å². The highest BCUT2D eigenvalue weighted by atomic mass is 19.1. The number of nitrogens with one attached hydrogen (secondary N) is 1. The molecular formula is C32H34FN3O5. The Morgan fingerprint density at radius 3 is 2.66 bits per heavy atom. The van der Waals surface area contributed by atoms with Gasteiger partial charge in [0.25, 0.3) is 6.01 Å². The molecular weight excluding hydrogens is 525 g/mol. The second-order valence-corrected chi connectivity index (χ2v) is 10.8. The van der Waals surface area contributed by atoms with Crippen LogP contribution in [-0.2, 0) is 17.8 Å². The van der Waals surface area contributed by atoms with Crippen LogP contribution < -0.4 is 14.8 Å². The monoisotopic (exact) mass is 559 g/mol. The normalized spacial score (nSPS) is 20.3. The number of fused-ring (bicyclic) bond motifs is 2. The van der Waals surface area contributed by atoms with Gasteiger partial charge >= 0.3 is 5.97 Å². The summed E-state index contributed by atoms with van der Waals surface area (Å²) < 4.78 is 31.4. The number of hydrogen-bond donors (Lipinski definition) is 2. The molecule has 3 aromatic carbocycles. The summed E-state index contributed by atoms with van der Waals surface area (Å²) >= 11 is 0. The third-order valence-electron chi connectivity index (χ3n) is 8.28. The highest BCUT2D eigenvalue weighted by molar-refractivity contribution is 5.79. The van der Waals surface area contributed by atoms with Crippen molar-refractivity contribution in [3.8, 4) is 22.6 Å². The van der Waals surface area contributed by atoms with Crippen LogP contribution >= 0.6 is 0 Å². The number of nitrogens with zero attached hydrogens (tertiary/aromatic N) is 2. The summed E-state index contributed by atoms with van der Waals surface area (Å²) in [5.41, 5.74) is 4.80. The molecule has 0 radical (unpaired) electrons. The third-order valence-corrected chi connectivity index (χ3v) is 8.28. The molecule has 4 aromatic rings. The lowest BCUT2D eigenvalue weighted by Gasteiger charge is -2.25. The maximum Gasteiger partial charge on any atom is 0.307 e. The molecule has 9 heteroatoms. The molecule has 41 heavy (non-hydrogen) atoms. The molecule has 6 rings (SSSR count). The fraction of sp³-hybridized carbons (Fsp3) is 0.375. The molecule has 214 valence electrons. The molecule has 1 unspecified atom stereocenters. The van der Waals surface area contributed by atoms with Gasteiger partial charge in [0.05, 0.1) is 25.7 Å². The highest BCUT2D eigenvalue weighted by Crippen LogP contribution is 2.43. The Balaban J connectivity index is 1.17. The zero-order valence-corrected chi connectivity index (χ0v) is 23.2. The quantitative estimate of drug-likeness (QED) is 0.239. The Hall–Kier alpha value is -4.11. The van der Waals surface area contributed by atoms with Gasteiger partial charge < -0.3 is 24.3 Å². The fourth-order valence-electron chi connectivity index (χ4n) is 6.53. The number of carbonyl (C=O) groups is 1. The van der Waals surface area contributed by atoms with E-state index in [-0.39, 0.29) is 18.3 Å². The van der Waals surface area contributed by atoms with Crippen molar-refractivity contribution in [2.45, 2.75) is 51.2 Å². The molecule has 3 atom stereocenters. The summed E-state index contributed by atoms with van der Waals surface area (Å²) in [5, 5.41) is 12.6. The summed E-state index contributed by atoms with van der Waals surface area (Å²) in [4.78, 5) is 18.2. The van der Waals surface area contributed by atoms with E-state index in [0.717, 1.165) is 54.8 Å². The van der Waals surface area contributed by atoms with Gasteiger partial charge in [0, 0.05) is 18.6 Å². The molecule has 0 amide bonds. The first-order valence-corrected chi connectivity index (χ1v) is 14.1. The standard InChI is InChI=1S/C32H34FN3O5/c1-3-40-29-16-20(15-28(39-2)31(29)21-5-7-22(33)8-6-21)18-36-13-12-23-24(9-10-26(23)36)34-32-35-25-14-19(17-30(37)38)4-11-27(25)41-32/h4-8,11,14-16,23-24,26H,3,9-10,12-13,17-18H2,1-2H3,(H,34,35)(H,37,38)/t23-,24?,26+/m0/s1. The van der Waals surface area contributed by atoms with E-state index >= 15 is 0 Å². The topological polar surface area (TPSA) is 97.1 Å². The second kappa shape index (κ2) is 11.4. The van der Waals surface area contributed by atoms with Crippen molar-refractivity contribution in [1.29, 1.82) is 0 Å². The largest absolute Gasteiger partial charge is 0.496 e. The van der Waals surface area contributed by atoms with E-state index in [1.807, 2.05) is 6.92 Å². The molecule has 1 saturated carbocycles. The smallest absolute Gasteiger partial charge is 0.307 e. The Kier molecular flexibility index (Phi) is 7.53. The number of benzene rings is 3. The van der Waals surface area contributed by atoms with Crippen molar-refractivity contribution in [2.24, 2.45) is 5.92 Å². The minimum Gasteiger partial charge on any atom is -0.496 e. The van der Waals surface area contributed by atoms with Crippen LogP contribution in [0.25, 0.3) is 22.2 Å². The number of anilines is 1. The van der Waals surface area contributed by atoms with E-state index in [2.05, 4.69) is 27.3 Å². The van der Waals surface area contributed by atoms with Crippen LogP contribution in [0.1, 0.15) is 37.3 Å². The lowest BCUT2D eigenvalue weighted by atomic mass is 9.99. The second-order valence-electron chi connectivity index (χ2n) is 10.8. The first-order chi connectivity index (χ1) is 19.9. The van der Waals surface area contributed by atoms with Crippen LogP contribution in [0.5, 0.6) is 11.5 Å². The predicted octanol–water partition coefficient (Wildman–Crippen LogP) is 6.13. The summed E-state index contributed by atoms with van der Waals surface area (Å²) in [6.45, 7) is 4.24. The third kappa shape index (κ3) is 5.59. The molecule has 1 aromatic heterocycles. The molecule has 8 nitrogen and oxygen atoms in total. The van der Waals surface area contributed by atoms with Crippen molar-refractivity contribution in [3.63, 3.8) is 0 Å². The fourth-order valence-corrected chi connectivity index (χ4v) is 6.53. The molecule has 2 fully saturated rings. The van der Waals surface area contributed by atoms with Gasteiger partial charge in [0.1, 0.15) is 22.8 Å². The number of carboxylic acid groups (broad SMARTS) is 1. The summed E-state index contributed by atoms with van der Waals surface area (Å²) in [7, 11) is 1.65. The highest BCUT2D eigenvalue weighted by Gasteiger charge is 2.44. The minimum atomic E-state index is -0.870.